The fourth-order valence-corrected chi connectivity index (χ4v) is 4.54. The number of nitrogens with zero attached hydrogens (tertiary/aromatic N) is 3. The number of benzene rings is 2. The molecule has 0 atom stereocenters. The van der Waals surface area contributed by atoms with Gasteiger partial charge in [-0.2, -0.15) is 5.26 Å². The Morgan fingerprint density at radius 2 is 1.76 bits per heavy atom. The third-order valence-electron chi connectivity index (χ3n) is 6.56. The molecule has 1 aromatic heterocycles. The minimum Gasteiger partial charge on any atom is -0.348 e. The maximum absolute atomic E-state index is 13.3. The molecule has 6 nitrogen and oxygen atoms in total. The van der Waals surface area contributed by atoms with Crippen molar-refractivity contribution in [3.8, 4) is 6.07 Å². The molecule has 2 amide bonds. The summed E-state index contributed by atoms with van der Waals surface area (Å²) in [6.07, 6.45) is 4.29. The Morgan fingerprint density at radius 3 is 2.39 bits per heavy atom. The first kappa shape index (κ1) is 22.6. The molecule has 0 bridgehead atoms. The number of nitriles is 1. The number of hydrogen-bond acceptors (Lipinski definition) is 3. The van der Waals surface area contributed by atoms with Crippen LogP contribution in [0.3, 0.4) is 0 Å². The molecule has 2 aromatic carbocycles. The van der Waals surface area contributed by atoms with Gasteiger partial charge in [-0.15, -0.1) is 0 Å². The molecule has 170 valence electrons. The summed E-state index contributed by atoms with van der Waals surface area (Å²) >= 11 is 0. The number of carbonyl (C=O) groups excluding carboxylic acids is 2. The molecule has 0 radical (unpaired) electrons. The van der Waals surface area contributed by atoms with Crippen molar-refractivity contribution >= 4 is 22.7 Å². The summed E-state index contributed by atoms with van der Waals surface area (Å²) in [6.45, 7) is 2.74. The van der Waals surface area contributed by atoms with Gasteiger partial charge in [-0.25, -0.2) is 0 Å². The number of hydrogen-bond donors (Lipinski definition) is 1. The molecule has 3 aromatic rings. The summed E-state index contributed by atoms with van der Waals surface area (Å²) in [5.74, 6) is 0.591. The SMILES string of the molecule is CC1CCC(NC(=O)c2cc3ccc(C#N)cc3n2Cc2ccc(C(=O)N(C)C)cc2)CC1. The minimum absolute atomic E-state index is 0.0477. The first-order chi connectivity index (χ1) is 15.9. The van der Waals surface area contributed by atoms with E-state index in [1.165, 1.54) is 0 Å². The van der Waals surface area contributed by atoms with Crippen LogP contribution in [-0.2, 0) is 6.54 Å². The summed E-state index contributed by atoms with van der Waals surface area (Å²) < 4.78 is 1.97. The van der Waals surface area contributed by atoms with E-state index < -0.39 is 0 Å². The predicted octanol–water partition coefficient (Wildman–Crippen LogP) is 4.57. The van der Waals surface area contributed by atoms with Crippen molar-refractivity contribution in [1.29, 1.82) is 5.26 Å². The quantitative estimate of drug-likeness (QED) is 0.629. The molecule has 33 heavy (non-hydrogen) atoms. The first-order valence-electron chi connectivity index (χ1n) is 11.5. The van der Waals surface area contributed by atoms with Crippen LogP contribution < -0.4 is 5.32 Å². The number of fused-ring (bicyclic) bond motifs is 1. The molecule has 1 fully saturated rings. The van der Waals surface area contributed by atoms with Crippen molar-refractivity contribution in [2.45, 2.75) is 45.2 Å². The van der Waals surface area contributed by atoms with E-state index in [1.54, 1.807) is 25.1 Å². The van der Waals surface area contributed by atoms with Gasteiger partial charge < -0.3 is 14.8 Å². The maximum atomic E-state index is 13.3. The number of amides is 2. The highest BCUT2D eigenvalue weighted by atomic mass is 16.2. The Balaban J connectivity index is 1.65. The van der Waals surface area contributed by atoms with Crippen molar-refractivity contribution in [3.63, 3.8) is 0 Å². The van der Waals surface area contributed by atoms with Gasteiger partial charge in [0.25, 0.3) is 11.8 Å². The van der Waals surface area contributed by atoms with Gasteiger partial charge in [0, 0.05) is 37.6 Å². The highest BCUT2D eigenvalue weighted by molar-refractivity contribution is 5.99. The lowest BCUT2D eigenvalue weighted by Crippen LogP contribution is -2.38. The zero-order valence-electron chi connectivity index (χ0n) is 19.5. The predicted molar refractivity (Wildman–Crippen MR) is 129 cm³/mol. The van der Waals surface area contributed by atoms with Crippen LogP contribution in [0.15, 0.2) is 48.5 Å². The van der Waals surface area contributed by atoms with Crippen molar-refractivity contribution in [1.82, 2.24) is 14.8 Å². The fraction of sp³-hybridized carbons (Fsp3) is 0.370. The molecule has 0 saturated heterocycles. The van der Waals surface area contributed by atoms with Gasteiger partial charge in [-0.3, -0.25) is 9.59 Å². The Labute approximate surface area is 194 Å². The van der Waals surface area contributed by atoms with Crippen molar-refractivity contribution in [3.05, 3.63) is 70.9 Å². The van der Waals surface area contributed by atoms with Gasteiger partial charge in [0.05, 0.1) is 17.1 Å². The van der Waals surface area contributed by atoms with Gasteiger partial charge in [0.15, 0.2) is 0 Å². The molecule has 6 heteroatoms. The second-order valence-corrected chi connectivity index (χ2v) is 9.33. The smallest absolute Gasteiger partial charge is 0.268 e. The molecular weight excluding hydrogens is 412 g/mol. The molecule has 0 unspecified atom stereocenters. The lowest BCUT2D eigenvalue weighted by atomic mass is 9.87. The highest BCUT2D eigenvalue weighted by Gasteiger charge is 2.23. The molecule has 1 aliphatic carbocycles. The standard InChI is InChI=1S/C27H30N4O2/c1-18-4-12-23(13-5-18)29-26(32)25-15-22-11-8-20(16-28)14-24(22)31(25)17-19-6-9-21(10-7-19)27(33)30(2)3/h6-11,14-15,18,23H,4-5,12-13,17H2,1-3H3,(H,29,32). The van der Waals surface area contributed by atoms with E-state index in [1.807, 2.05) is 47.0 Å². The molecule has 0 spiro atoms. The van der Waals surface area contributed by atoms with Crippen molar-refractivity contribution in [2.75, 3.05) is 14.1 Å². The summed E-state index contributed by atoms with van der Waals surface area (Å²) in [7, 11) is 3.46. The molecular formula is C27H30N4O2. The van der Waals surface area contributed by atoms with E-state index in [2.05, 4.69) is 18.3 Å². The topological polar surface area (TPSA) is 78.1 Å². The summed E-state index contributed by atoms with van der Waals surface area (Å²) in [5.41, 5.74) is 3.60. The zero-order chi connectivity index (χ0) is 23.5. The second kappa shape index (κ2) is 9.50. The van der Waals surface area contributed by atoms with Crippen molar-refractivity contribution in [2.24, 2.45) is 5.92 Å². The van der Waals surface area contributed by atoms with E-state index in [0.717, 1.165) is 48.1 Å². The molecule has 4 rings (SSSR count). The van der Waals surface area contributed by atoms with Gasteiger partial charge in [-0.1, -0.05) is 25.1 Å². The van der Waals surface area contributed by atoms with Crippen LogP contribution in [0.1, 0.15) is 64.6 Å². The van der Waals surface area contributed by atoms with E-state index >= 15 is 0 Å². The van der Waals surface area contributed by atoms with Crippen LogP contribution >= 0.6 is 0 Å². The van der Waals surface area contributed by atoms with Crippen LogP contribution in [-0.4, -0.2) is 41.4 Å². The third-order valence-corrected chi connectivity index (χ3v) is 6.56. The molecule has 0 aliphatic heterocycles. The van der Waals surface area contributed by atoms with Gasteiger partial charge in [0.1, 0.15) is 5.69 Å². The van der Waals surface area contributed by atoms with Crippen LogP contribution in [0.2, 0.25) is 0 Å². The molecule has 1 N–H and O–H groups in total. The number of nitrogens with one attached hydrogen (secondary N) is 1. The molecule has 1 heterocycles. The van der Waals surface area contributed by atoms with Gasteiger partial charge in [-0.05, 0) is 67.5 Å². The lowest BCUT2D eigenvalue weighted by Gasteiger charge is -2.27. The first-order valence-corrected chi connectivity index (χ1v) is 11.5. The highest BCUT2D eigenvalue weighted by Crippen LogP contribution is 2.26. The second-order valence-electron chi connectivity index (χ2n) is 9.33. The van der Waals surface area contributed by atoms with E-state index in [0.29, 0.717) is 23.4 Å². The van der Waals surface area contributed by atoms with E-state index in [4.69, 9.17) is 0 Å². The number of carbonyl (C=O) groups is 2. The number of aromatic nitrogens is 1. The average Bonchev–Trinajstić information content (AvgIpc) is 3.18. The number of rotatable bonds is 5. The zero-order valence-corrected chi connectivity index (χ0v) is 19.5. The van der Waals surface area contributed by atoms with Crippen LogP contribution in [0.25, 0.3) is 10.9 Å². The third kappa shape index (κ3) is 4.93. The monoisotopic (exact) mass is 442 g/mol. The minimum atomic E-state index is -0.0799. The van der Waals surface area contributed by atoms with Crippen LogP contribution in [0.5, 0.6) is 0 Å². The Hall–Kier alpha value is -3.59. The Kier molecular flexibility index (Phi) is 6.50. The van der Waals surface area contributed by atoms with Crippen LogP contribution in [0, 0.1) is 17.2 Å². The summed E-state index contributed by atoms with van der Waals surface area (Å²) in [6, 6.07) is 17.3. The Morgan fingerprint density at radius 1 is 1.06 bits per heavy atom. The van der Waals surface area contributed by atoms with Gasteiger partial charge in [0.2, 0.25) is 0 Å². The maximum Gasteiger partial charge on any atom is 0.268 e. The summed E-state index contributed by atoms with van der Waals surface area (Å²) in [4.78, 5) is 27.1. The van der Waals surface area contributed by atoms with Crippen LogP contribution in [0.4, 0.5) is 0 Å². The largest absolute Gasteiger partial charge is 0.348 e. The Bertz CT molecular complexity index is 1210. The average molecular weight is 443 g/mol. The van der Waals surface area contributed by atoms with Gasteiger partial charge >= 0.3 is 0 Å². The van der Waals surface area contributed by atoms with E-state index in [-0.39, 0.29) is 17.9 Å². The molecule has 1 saturated carbocycles. The molecule has 1 aliphatic rings. The summed E-state index contributed by atoms with van der Waals surface area (Å²) in [5, 5.41) is 13.5. The van der Waals surface area contributed by atoms with Crippen molar-refractivity contribution < 1.29 is 9.59 Å². The fourth-order valence-electron chi connectivity index (χ4n) is 4.54. The van der Waals surface area contributed by atoms with E-state index in [9.17, 15) is 14.9 Å². The normalized spacial score (nSPS) is 18.0. The lowest BCUT2D eigenvalue weighted by molar-refractivity contribution is 0.0827.